The topological polar surface area (TPSA) is 92.2 Å². The minimum absolute atomic E-state index is 0.122. The highest BCUT2D eigenvalue weighted by molar-refractivity contribution is 8.02. The van der Waals surface area contributed by atoms with E-state index in [-0.39, 0.29) is 17.5 Å². The van der Waals surface area contributed by atoms with Crippen LogP contribution in [0.4, 0.5) is 5.69 Å². The molecule has 0 radical (unpaired) electrons. The number of carbonyl (C=O) groups excluding carboxylic acids is 1. The Balaban J connectivity index is 1.95. The monoisotopic (exact) mass is 357 g/mol. The van der Waals surface area contributed by atoms with Gasteiger partial charge in [0.2, 0.25) is 5.91 Å². The number of nitrogens with one attached hydrogen (secondary N) is 1. The fourth-order valence-electron chi connectivity index (χ4n) is 1.50. The Kier molecular flexibility index (Phi) is 5.76. The average molecular weight is 358 g/mol. The van der Waals surface area contributed by atoms with Crippen molar-refractivity contribution in [1.29, 1.82) is 0 Å². The number of carbonyl (C=O) groups is 2. The number of nitrogens with zero attached hydrogens (tertiary/aromatic N) is 2. The highest BCUT2D eigenvalue weighted by Gasteiger charge is 2.18. The predicted octanol–water partition coefficient (Wildman–Crippen LogP) is 2.94. The van der Waals surface area contributed by atoms with Gasteiger partial charge in [-0.25, -0.2) is 9.97 Å². The molecule has 1 unspecified atom stereocenters. The first-order valence-corrected chi connectivity index (χ1v) is 8.33. The Labute approximate surface area is 139 Å². The quantitative estimate of drug-likeness (QED) is 0.610. The van der Waals surface area contributed by atoms with Crippen LogP contribution in [0.5, 0.6) is 0 Å². The van der Waals surface area contributed by atoms with Crippen LogP contribution >= 0.6 is 34.7 Å². The summed E-state index contributed by atoms with van der Waals surface area (Å²) >= 11 is 8.47. The molecule has 2 N–H and O–H groups in total. The van der Waals surface area contributed by atoms with Crippen molar-refractivity contribution < 1.29 is 14.7 Å². The summed E-state index contributed by atoms with van der Waals surface area (Å²) in [6.07, 6.45) is 1.42. The van der Waals surface area contributed by atoms with Crippen molar-refractivity contribution in [3.05, 3.63) is 34.6 Å². The highest BCUT2D eigenvalue weighted by atomic mass is 35.5. The molecule has 2 aromatic rings. The molecule has 1 atom stereocenters. The lowest BCUT2D eigenvalue weighted by molar-refractivity contribution is -0.136. The number of halogens is 1. The number of hydrogen-bond acceptors (Lipinski definition) is 6. The Morgan fingerprint density at radius 1 is 1.55 bits per heavy atom. The summed E-state index contributed by atoms with van der Waals surface area (Å²) < 4.78 is 0.649. The first-order valence-electron chi connectivity index (χ1n) is 6.20. The van der Waals surface area contributed by atoms with E-state index in [2.05, 4.69) is 15.3 Å². The number of hydrogen-bond donors (Lipinski definition) is 2. The van der Waals surface area contributed by atoms with Gasteiger partial charge in [0.25, 0.3) is 0 Å². The molecule has 0 saturated heterocycles. The van der Waals surface area contributed by atoms with Crippen LogP contribution in [0, 0.1) is 0 Å². The zero-order valence-electron chi connectivity index (χ0n) is 11.4. The van der Waals surface area contributed by atoms with Crippen LogP contribution in [-0.4, -0.2) is 32.2 Å². The highest BCUT2D eigenvalue weighted by Crippen LogP contribution is 2.28. The summed E-state index contributed by atoms with van der Waals surface area (Å²) in [5.74, 6) is -1.16. The summed E-state index contributed by atoms with van der Waals surface area (Å²) in [4.78, 5) is 30.8. The van der Waals surface area contributed by atoms with Gasteiger partial charge in [-0.2, -0.15) is 0 Å². The maximum absolute atomic E-state index is 12.1. The number of thiazole rings is 1. The van der Waals surface area contributed by atoms with Crippen molar-refractivity contribution in [2.24, 2.45) is 0 Å². The van der Waals surface area contributed by atoms with E-state index in [1.54, 1.807) is 24.4 Å². The van der Waals surface area contributed by atoms with E-state index < -0.39 is 11.2 Å². The first kappa shape index (κ1) is 16.7. The molecular formula is C13H12ClN3O3S2. The van der Waals surface area contributed by atoms with E-state index in [9.17, 15) is 9.59 Å². The van der Waals surface area contributed by atoms with Crippen molar-refractivity contribution in [3.63, 3.8) is 0 Å². The Morgan fingerprint density at radius 3 is 3.00 bits per heavy atom. The molecule has 2 aromatic heterocycles. The van der Waals surface area contributed by atoms with Gasteiger partial charge in [-0.05, 0) is 19.1 Å². The van der Waals surface area contributed by atoms with Gasteiger partial charge in [0.1, 0.15) is 0 Å². The fourth-order valence-corrected chi connectivity index (χ4v) is 3.64. The van der Waals surface area contributed by atoms with Crippen molar-refractivity contribution >= 4 is 52.3 Å². The molecule has 0 fully saturated rings. The number of aromatic nitrogens is 2. The number of thioether (sulfide) groups is 1. The van der Waals surface area contributed by atoms with Gasteiger partial charge < -0.3 is 10.4 Å². The van der Waals surface area contributed by atoms with Gasteiger partial charge in [-0.1, -0.05) is 23.4 Å². The van der Waals surface area contributed by atoms with Crippen LogP contribution in [0.2, 0.25) is 5.15 Å². The standard InChI is InChI=1S/C13H12ClN3O3S2/c1-7(12(20)17-9-3-2-4-15-11(9)14)22-13-16-8(6-21-13)5-10(18)19/h2-4,6-7H,5H2,1H3,(H,17,20)(H,18,19). The van der Waals surface area contributed by atoms with Gasteiger partial charge in [0, 0.05) is 11.6 Å². The molecule has 0 aliphatic rings. The zero-order valence-corrected chi connectivity index (χ0v) is 13.8. The minimum Gasteiger partial charge on any atom is -0.481 e. The largest absolute Gasteiger partial charge is 0.481 e. The number of pyridine rings is 1. The number of carboxylic acids is 1. The molecule has 0 aliphatic heterocycles. The lowest BCUT2D eigenvalue weighted by Gasteiger charge is -2.10. The number of aliphatic carboxylic acids is 1. The third kappa shape index (κ3) is 4.69. The number of rotatable bonds is 6. The Bertz CT molecular complexity index is 693. The van der Waals surface area contributed by atoms with E-state index in [0.29, 0.717) is 15.7 Å². The molecule has 0 spiro atoms. The number of anilines is 1. The Morgan fingerprint density at radius 2 is 2.32 bits per heavy atom. The van der Waals surface area contributed by atoms with Crippen molar-refractivity contribution in [1.82, 2.24) is 9.97 Å². The predicted molar refractivity (Wildman–Crippen MR) is 86.6 cm³/mol. The van der Waals surface area contributed by atoms with Gasteiger partial charge in [-0.3, -0.25) is 9.59 Å². The van der Waals surface area contributed by atoms with Crippen LogP contribution in [-0.2, 0) is 16.0 Å². The van der Waals surface area contributed by atoms with Gasteiger partial charge in [0.15, 0.2) is 9.49 Å². The fraction of sp³-hybridized carbons (Fsp3) is 0.231. The second-order valence-corrected chi connectivity index (χ2v) is 7.07. The first-order chi connectivity index (χ1) is 10.5. The number of amides is 1. The van der Waals surface area contributed by atoms with Gasteiger partial charge in [0.05, 0.1) is 23.1 Å². The van der Waals surface area contributed by atoms with E-state index in [0.717, 1.165) is 0 Å². The van der Waals surface area contributed by atoms with Crippen LogP contribution in [0.15, 0.2) is 28.0 Å². The smallest absolute Gasteiger partial charge is 0.309 e. The second kappa shape index (κ2) is 7.57. The van der Waals surface area contributed by atoms with Crippen LogP contribution in [0.1, 0.15) is 12.6 Å². The average Bonchev–Trinajstić information content (AvgIpc) is 2.87. The molecule has 1 amide bonds. The van der Waals surface area contributed by atoms with Crippen molar-refractivity contribution in [2.75, 3.05) is 5.32 Å². The summed E-state index contributed by atoms with van der Waals surface area (Å²) in [6, 6.07) is 3.34. The minimum atomic E-state index is -0.932. The molecular weight excluding hydrogens is 346 g/mol. The molecule has 0 aliphatic carbocycles. The van der Waals surface area contributed by atoms with E-state index in [1.807, 2.05) is 0 Å². The van der Waals surface area contributed by atoms with Crippen LogP contribution in [0.25, 0.3) is 0 Å². The third-order valence-corrected chi connectivity index (χ3v) is 4.95. The van der Waals surface area contributed by atoms with Gasteiger partial charge >= 0.3 is 5.97 Å². The molecule has 0 saturated carbocycles. The second-order valence-electron chi connectivity index (χ2n) is 4.27. The van der Waals surface area contributed by atoms with Gasteiger partial charge in [-0.15, -0.1) is 11.3 Å². The molecule has 0 aromatic carbocycles. The molecule has 6 nitrogen and oxygen atoms in total. The van der Waals surface area contributed by atoms with Crippen LogP contribution < -0.4 is 5.32 Å². The van der Waals surface area contributed by atoms with Crippen molar-refractivity contribution in [3.8, 4) is 0 Å². The van der Waals surface area contributed by atoms with Crippen LogP contribution in [0.3, 0.4) is 0 Å². The summed E-state index contributed by atoms with van der Waals surface area (Å²) in [7, 11) is 0. The lowest BCUT2D eigenvalue weighted by Crippen LogP contribution is -2.22. The zero-order chi connectivity index (χ0) is 16.1. The van der Waals surface area contributed by atoms with E-state index in [1.165, 1.54) is 29.3 Å². The van der Waals surface area contributed by atoms with Crippen molar-refractivity contribution in [2.45, 2.75) is 22.9 Å². The molecule has 22 heavy (non-hydrogen) atoms. The maximum atomic E-state index is 12.1. The third-order valence-electron chi connectivity index (χ3n) is 2.53. The molecule has 2 rings (SSSR count). The molecule has 2 heterocycles. The molecule has 116 valence electrons. The summed E-state index contributed by atoms with van der Waals surface area (Å²) in [6.45, 7) is 1.74. The molecule has 9 heteroatoms. The summed E-state index contributed by atoms with van der Waals surface area (Å²) in [5, 5.41) is 12.9. The normalized spacial score (nSPS) is 11.9. The maximum Gasteiger partial charge on any atom is 0.309 e. The number of carboxylic acid groups (broad SMARTS) is 1. The molecule has 0 bridgehead atoms. The SMILES string of the molecule is CC(Sc1nc(CC(=O)O)cs1)C(=O)Nc1cccnc1Cl. The Hall–Kier alpha value is -1.64. The lowest BCUT2D eigenvalue weighted by atomic mass is 10.3. The van der Waals surface area contributed by atoms with E-state index in [4.69, 9.17) is 16.7 Å². The summed E-state index contributed by atoms with van der Waals surface area (Å²) in [5.41, 5.74) is 0.940. The van der Waals surface area contributed by atoms with E-state index >= 15 is 0 Å².